The van der Waals surface area contributed by atoms with E-state index in [0.29, 0.717) is 13.2 Å². The molecule has 0 spiro atoms. The van der Waals surface area contributed by atoms with Gasteiger partial charge in [0.15, 0.2) is 0 Å². The Morgan fingerprint density at radius 2 is 1.74 bits per heavy atom. The molecule has 0 atom stereocenters. The molecule has 0 amide bonds. The normalized spacial score (nSPS) is 15.8. The van der Waals surface area contributed by atoms with Crippen LogP contribution in [0.15, 0.2) is 73.2 Å². The molecular formula is C25H27N5O. The summed E-state index contributed by atoms with van der Waals surface area (Å²) in [6.45, 7) is 3.04. The summed E-state index contributed by atoms with van der Waals surface area (Å²) in [4.78, 5) is 14.4. The largest absolute Gasteiger partial charge is 0.489 e. The second kappa shape index (κ2) is 8.40. The van der Waals surface area contributed by atoms with Gasteiger partial charge >= 0.3 is 0 Å². The van der Waals surface area contributed by atoms with Crippen LogP contribution in [0.3, 0.4) is 0 Å². The first-order chi connectivity index (χ1) is 15.3. The Morgan fingerprint density at radius 1 is 0.968 bits per heavy atom. The Morgan fingerprint density at radius 3 is 2.48 bits per heavy atom. The van der Waals surface area contributed by atoms with Gasteiger partial charge in [0.1, 0.15) is 30.1 Å². The second-order valence-corrected chi connectivity index (χ2v) is 8.21. The van der Waals surface area contributed by atoms with Crippen LogP contribution >= 0.6 is 0 Å². The first kappa shape index (κ1) is 19.6. The average molecular weight is 414 g/mol. The summed E-state index contributed by atoms with van der Waals surface area (Å²) < 4.78 is 5.95. The number of benzene rings is 2. The number of hydrogen-bond donors (Lipinski definition) is 2. The maximum atomic E-state index is 6.32. The third-order valence-corrected chi connectivity index (χ3v) is 6.46. The number of fused-ring (bicyclic) bond motifs is 1. The third-order valence-electron chi connectivity index (χ3n) is 6.46. The number of H-pyrrole nitrogens is 1. The third kappa shape index (κ3) is 3.86. The highest BCUT2D eigenvalue weighted by Gasteiger charge is 2.35. The molecule has 158 valence electrons. The number of hydrogen-bond acceptors (Lipinski definition) is 5. The molecule has 1 fully saturated rings. The molecule has 6 heteroatoms. The Labute approximate surface area is 182 Å². The predicted octanol–water partition coefficient (Wildman–Crippen LogP) is 4.03. The lowest BCUT2D eigenvalue weighted by Gasteiger charge is -2.42. The highest BCUT2D eigenvalue weighted by atomic mass is 16.5. The SMILES string of the molecule is NCC1(c2ccc(OCc3ccccc3)cc2)CCN(c2ncnc3[nH]ccc23)CC1. The fourth-order valence-electron chi connectivity index (χ4n) is 4.51. The summed E-state index contributed by atoms with van der Waals surface area (Å²) in [5, 5.41) is 1.07. The van der Waals surface area contributed by atoms with Gasteiger partial charge in [-0.05, 0) is 42.2 Å². The number of nitrogens with one attached hydrogen (secondary N) is 1. The molecule has 1 aliphatic heterocycles. The standard InChI is InChI=1S/C25H27N5O/c26-17-25(20-6-8-21(9-7-20)31-16-19-4-2-1-3-5-19)11-14-30(15-12-25)24-22-10-13-27-23(22)28-18-29-24/h1-10,13,18H,11-12,14-17,26H2,(H,27,28,29). The smallest absolute Gasteiger partial charge is 0.142 e. The summed E-state index contributed by atoms with van der Waals surface area (Å²) >= 11 is 0. The molecule has 3 heterocycles. The number of rotatable bonds is 6. The topological polar surface area (TPSA) is 80.1 Å². The molecule has 4 aromatic rings. The van der Waals surface area contributed by atoms with Gasteiger partial charge in [-0.15, -0.1) is 0 Å². The molecule has 2 aromatic carbocycles. The van der Waals surface area contributed by atoms with E-state index in [1.807, 2.05) is 30.5 Å². The van der Waals surface area contributed by atoms with Crippen LogP contribution in [0.2, 0.25) is 0 Å². The minimum Gasteiger partial charge on any atom is -0.489 e. The Balaban J connectivity index is 1.28. The molecule has 1 aliphatic rings. The molecule has 2 aromatic heterocycles. The van der Waals surface area contributed by atoms with Gasteiger partial charge in [-0.2, -0.15) is 0 Å². The van der Waals surface area contributed by atoms with Gasteiger partial charge in [0.2, 0.25) is 0 Å². The zero-order valence-electron chi connectivity index (χ0n) is 17.5. The van der Waals surface area contributed by atoms with Crippen molar-refractivity contribution in [3.63, 3.8) is 0 Å². The summed E-state index contributed by atoms with van der Waals surface area (Å²) in [6, 6.07) is 20.8. The second-order valence-electron chi connectivity index (χ2n) is 8.21. The van der Waals surface area contributed by atoms with Crippen molar-refractivity contribution in [1.29, 1.82) is 0 Å². The minimum absolute atomic E-state index is 0.0151. The van der Waals surface area contributed by atoms with Gasteiger partial charge in [0, 0.05) is 31.2 Å². The minimum atomic E-state index is -0.0151. The van der Waals surface area contributed by atoms with Crippen molar-refractivity contribution in [1.82, 2.24) is 15.0 Å². The fourth-order valence-corrected chi connectivity index (χ4v) is 4.51. The summed E-state index contributed by atoms with van der Waals surface area (Å²) in [7, 11) is 0. The number of piperidine rings is 1. The van der Waals surface area contributed by atoms with Crippen molar-refractivity contribution in [2.75, 3.05) is 24.5 Å². The van der Waals surface area contributed by atoms with Gasteiger partial charge in [-0.25, -0.2) is 9.97 Å². The number of ether oxygens (including phenoxy) is 1. The van der Waals surface area contributed by atoms with E-state index in [-0.39, 0.29) is 5.41 Å². The van der Waals surface area contributed by atoms with Crippen LogP contribution in [0.5, 0.6) is 5.75 Å². The Hall–Kier alpha value is -3.38. The predicted molar refractivity (Wildman–Crippen MR) is 123 cm³/mol. The van der Waals surface area contributed by atoms with Gasteiger partial charge in [0.05, 0.1) is 5.39 Å². The van der Waals surface area contributed by atoms with Gasteiger partial charge in [-0.1, -0.05) is 42.5 Å². The van der Waals surface area contributed by atoms with Gasteiger partial charge < -0.3 is 20.4 Å². The maximum Gasteiger partial charge on any atom is 0.142 e. The van der Waals surface area contributed by atoms with E-state index in [0.717, 1.165) is 48.5 Å². The molecule has 0 radical (unpaired) electrons. The van der Waals surface area contributed by atoms with Crippen LogP contribution in [0.4, 0.5) is 5.82 Å². The molecular weight excluding hydrogens is 386 g/mol. The van der Waals surface area contributed by atoms with Crippen molar-refractivity contribution in [2.45, 2.75) is 24.9 Å². The molecule has 1 saturated heterocycles. The first-order valence-corrected chi connectivity index (χ1v) is 10.8. The highest BCUT2D eigenvalue weighted by molar-refractivity contribution is 5.87. The number of anilines is 1. The lowest BCUT2D eigenvalue weighted by molar-refractivity contribution is 0.305. The monoisotopic (exact) mass is 413 g/mol. The van der Waals surface area contributed by atoms with Crippen LogP contribution in [-0.2, 0) is 12.0 Å². The first-order valence-electron chi connectivity index (χ1n) is 10.8. The Kier molecular flexibility index (Phi) is 5.30. The van der Waals surface area contributed by atoms with Crippen LogP contribution in [0.1, 0.15) is 24.0 Å². The molecule has 6 nitrogen and oxygen atoms in total. The van der Waals surface area contributed by atoms with Crippen molar-refractivity contribution in [3.05, 3.63) is 84.3 Å². The average Bonchev–Trinajstić information content (AvgIpc) is 3.33. The van der Waals surface area contributed by atoms with Gasteiger partial charge in [-0.3, -0.25) is 0 Å². The van der Waals surface area contributed by atoms with Crippen LogP contribution in [0, 0.1) is 0 Å². The molecule has 31 heavy (non-hydrogen) atoms. The lowest BCUT2D eigenvalue weighted by atomic mass is 9.73. The number of aromatic nitrogens is 3. The van der Waals surface area contributed by atoms with E-state index in [1.165, 1.54) is 11.1 Å². The van der Waals surface area contributed by atoms with Gasteiger partial charge in [0.25, 0.3) is 0 Å². The molecule has 0 saturated carbocycles. The van der Waals surface area contributed by atoms with E-state index in [4.69, 9.17) is 10.5 Å². The zero-order valence-corrected chi connectivity index (χ0v) is 17.5. The van der Waals surface area contributed by atoms with E-state index < -0.39 is 0 Å². The van der Waals surface area contributed by atoms with Crippen molar-refractivity contribution in [2.24, 2.45) is 5.73 Å². The molecule has 0 aliphatic carbocycles. The van der Waals surface area contributed by atoms with Crippen LogP contribution in [-0.4, -0.2) is 34.6 Å². The van der Waals surface area contributed by atoms with E-state index >= 15 is 0 Å². The maximum absolute atomic E-state index is 6.32. The molecule has 0 bridgehead atoms. The van der Waals surface area contributed by atoms with Crippen LogP contribution in [0.25, 0.3) is 11.0 Å². The van der Waals surface area contributed by atoms with Crippen molar-refractivity contribution in [3.8, 4) is 5.75 Å². The number of nitrogens with two attached hydrogens (primary N) is 1. The summed E-state index contributed by atoms with van der Waals surface area (Å²) in [5.41, 5.74) is 9.64. The highest BCUT2D eigenvalue weighted by Crippen LogP contribution is 2.37. The molecule has 3 N–H and O–H groups in total. The van der Waals surface area contributed by atoms with E-state index in [9.17, 15) is 0 Å². The summed E-state index contributed by atoms with van der Waals surface area (Å²) in [6.07, 6.45) is 5.53. The fraction of sp³-hybridized carbons (Fsp3) is 0.280. The number of nitrogens with zero attached hydrogens (tertiary/aromatic N) is 3. The van der Waals surface area contributed by atoms with Crippen molar-refractivity contribution < 1.29 is 4.74 Å². The van der Waals surface area contributed by atoms with E-state index in [1.54, 1.807) is 6.33 Å². The quantitative estimate of drug-likeness (QED) is 0.499. The summed E-state index contributed by atoms with van der Waals surface area (Å²) in [5.74, 6) is 1.88. The van der Waals surface area contributed by atoms with Crippen LogP contribution < -0.4 is 15.4 Å². The van der Waals surface area contributed by atoms with E-state index in [2.05, 4.69) is 56.3 Å². The molecule has 0 unspecified atom stereocenters. The molecule has 5 rings (SSSR count). The zero-order chi connectivity index (χ0) is 21.1. The van der Waals surface area contributed by atoms with Crippen molar-refractivity contribution >= 4 is 16.9 Å². The Bertz CT molecular complexity index is 1130. The number of aromatic amines is 1. The lowest BCUT2D eigenvalue weighted by Crippen LogP contribution is -2.47.